The van der Waals surface area contributed by atoms with Gasteiger partial charge in [-0.2, -0.15) is 0 Å². The number of hydrogen-bond donors (Lipinski definition) is 1. The lowest BCUT2D eigenvalue weighted by atomic mass is 10.0. The number of benzene rings is 1. The van der Waals surface area contributed by atoms with Crippen LogP contribution in [0.3, 0.4) is 0 Å². The number of halogens is 4. The lowest BCUT2D eigenvalue weighted by Gasteiger charge is -2.18. The number of carbonyl (C=O) groups excluding carboxylic acids is 1. The van der Waals surface area contributed by atoms with Crippen molar-refractivity contribution in [3.63, 3.8) is 0 Å². The molecule has 0 heterocycles. The Hall–Kier alpha value is -1.60. The van der Waals surface area contributed by atoms with E-state index >= 15 is 0 Å². The van der Waals surface area contributed by atoms with E-state index in [1.165, 1.54) is 0 Å². The molecule has 112 valence electrons. The van der Waals surface area contributed by atoms with Gasteiger partial charge in [0, 0.05) is 35.0 Å². The molecule has 1 aliphatic rings. The van der Waals surface area contributed by atoms with Gasteiger partial charge in [-0.05, 0) is 12.5 Å². The molecule has 1 aromatic rings. The Balaban J connectivity index is 2.15. The van der Waals surface area contributed by atoms with Gasteiger partial charge in [-0.25, -0.2) is 13.2 Å². The van der Waals surface area contributed by atoms with Gasteiger partial charge in [0.2, 0.25) is 0 Å². The molecule has 2 rings (SSSR count). The second-order valence-electron chi connectivity index (χ2n) is 4.36. The summed E-state index contributed by atoms with van der Waals surface area (Å²) in [6.07, 6.45) is 3.53. The van der Waals surface area contributed by atoms with E-state index in [9.17, 15) is 18.0 Å². The molecular formula is C14H11BrF3NO2. The summed E-state index contributed by atoms with van der Waals surface area (Å²) in [4.78, 5) is 12.0. The van der Waals surface area contributed by atoms with Crippen molar-refractivity contribution in [3.05, 3.63) is 51.8 Å². The monoisotopic (exact) mass is 361 g/mol. The Morgan fingerprint density at radius 2 is 1.95 bits per heavy atom. The Bertz CT molecular complexity index is 620. The third-order valence-corrected chi connectivity index (χ3v) is 3.68. The Labute approximate surface area is 127 Å². The molecular weight excluding hydrogens is 351 g/mol. The number of anilines is 1. The maximum Gasteiger partial charge on any atom is 0.255 e. The van der Waals surface area contributed by atoms with Crippen LogP contribution in [-0.2, 0) is 9.53 Å². The van der Waals surface area contributed by atoms with Crippen LogP contribution in [-0.4, -0.2) is 19.1 Å². The highest BCUT2D eigenvalue weighted by molar-refractivity contribution is 9.11. The summed E-state index contributed by atoms with van der Waals surface area (Å²) in [6, 6.07) is 1.44. The van der Waals surface area contributed by atoms with E-state index in [0.717, 1.165) is 12.1 Å². The summed E-state index contributed by atoms with van der Waals surface area (Å²) in [5.74, 6) is -4.85. The first-order valence-corrected chi connectivity index (χ1v) is 6.77. The predicted molar refractivity (Wildman–Crippen MR) is 75.5 cm³/mol. The van der Waals surface area contributed by atoms with Gasteiger partial charge in [-0.1, -0.05) is 22.0 Å². The van der Waals surface area contributed by atoms with E-state index in [2.05, 4.69) is 21.2 Å². The first-order valence-electron chi connectivity index (χ1n) is 5.98. The molecule has 0 bridgehead atoms. The minimum Gasteiger partial charge on any atom is -0.376 e. The summed E-state index contributed by atoms with van der Waals surface area (Å²) in [5.41, 5.74) is 0.163. The SMILES string of the molecule is COC1CC=C(C(=O)Nc2cc(F)c(F)c(F)c2)C=C1Br. The maximum absolute atomic E-state index is 13.1. The minimum atomic E-state index is -1.57. The fourth-order valence-electron chi connectivity index (χ4n) is 1.85. The van der Waals surface area contributed by atoms with Gasteiger partial charge in [0.05, 0.1) is 6.10 Å². The van der Waals surface area contributed by atoms with Gasteiger partial charge in [-0.3, -0.25) is 4.79 Å². The zero-order chi connectivity index (χ0) is 15.6. The van der Waals surface area contributed by atoms with Crippen LogP contribution in [0.2, 0.25) is 0 Å². The fraction of sp³-hybridized carbons (Fsp3) is 0.214. The van der Waals surface area contributed by atoms with E-state index in [-0.39, 0.29) is 11.8 Å². The molecule has 0 radical (unpaired) electrons. The Kier molecular flexibility index (Phi) is 4.84. The van der Waals surface area contributed by atoms with Gasteiger partial charge >= 0.3 is 0 Å². The topological polar surface area (TPSA) is 38.3 Å². The van der Waals surface area contributed by atoms with Crippen molar-refractivity contribution in [2.45, 2.75) is 12.5 Å². The smallest absolute Gasteiger partial charge is 0.255 e. The van der Waals surface area contributed by atoms with E-state index in [1.54, 1.807) is 19.3 Å². The van der Waals surface area contributed by atoms with E-state index < -0.39 is 23.4 Å². The zero-order valence-corrected chi connectivity index (χ0v) is 12.5. The second-order valence-corrected chi connectivity index (χ2v) is 5.27. The van der Waals surface area contributed by atoms with Gasteiger partial charge in [-0.15, -0.1) is 0 Å². The third-order valence-electron chi connectivity index (χ3n) is 2.94. The molecule has 7 heteroatoms. The van der Waals surface area contributed by atoms with Crippen molar-refractivity contribution in [1.29, 1.82) is 0 Å². The predicted octanol–water partition coefficient (Wildman–Crippen LogP) is 3.67. The lowest BCUT2D eigenvalue weighted by Crippen LogP contribution is -2.19. The average Bonchev–Trinajstić information content (AvgIpc) is 2.44. The molecule has 1 amide bonds. The molecule has 0 fully saturated rings. The first kappa shape index (κ1) is 15.8. The minimum absolute atomic E-state index is 0.157. The van der Waals surface area contributed by atoms with Crippen LogP contribution >= 0.6 is 15.9 Å². The quantitative estimate of drug-likeness (QED) is 0.834. The molecule has 1 aliphatic carbocycles. The first-order chi connectivity index (χ1) is 9.92. The van der Waals surface area contributed by atoms with Crippen LogP contribution in [0, 0.1) is 17.5 Å². The molecule has 0 spiro atoms. The van der Waals surface area contributed by atoms with Crippen molar-refractivity contribution >= 4 is 27.5 Å². The molecule has 1 N–H and O–H groups in total. The number of methoxy groups -OCH3 is 1. The van der Waals surface area contributed by atoms with Crippen molar-refractivity contribution in [2.24, 2.45) is 0 Å². The fourth-order valence-corrected chi connectivity index (χ4v) is 2.47. The van der Waals surface area contributed by atoms with Gasteiger partial charge < -0.3 is 10.1 Å². The molecule has 21 heavy (non-hydrogen) atoms. The molecule has 0 aromatic heterocycles. The number of nitrogens with one attached hydrogen (secondary N) is 1. The standard InChI is InChI=1S/C14H11BrF3NO2/c1-21-12-3-2-7(4-9(12)15)14(20)19-8-5-10(16)13(18)11(17)6-8/h2,4-6,12H,3H2,1H3,(H,19,20). The highest BCUT2D eigenvalue weighted by Crippen LogP contribution is 2.26. The van der Waals surface area contributed by atoms with Crippen LogP contribution < -0.4 is 5.32 Å². The average molecular weight is 362 g/mol. The molecule has 1 aromatic carbocycles. The van der Waals surface area contributed by atoms with Crippen LogP contribution in [0.25, 0.3) is 0 Å². The van der Waals surface area contributed by atoms with Crippen LogP contribution in [0.1, 0.15) is 6.42 Å². The van der Waals surface area contributed by atoms with Crippen molar-refractivity contribution in [2.75, 3.05) is 12.4 Å². The van der Waals surface area contributed by atoms with E-state index in [0.29, 0.717) is 16.5 Å². The summed E-state index contributed by atoms with van der Waals surface area (Å²) >= 11 is 3.29. The van der Waals surface area contributed by atoms with Crippen molar-refractivity contribution < 1.29 is 22.7 Å². The Morgan fingerprint density at radius 3 is 2.48 bits per heavy atom. The molecule has 0 saturated heterocycles. The second kappa shape index (κ2) is 6.44. The summed E-state index contributed by atoms with van der Waals surface area (Å²) in [5, 5.41) is 2.31. The number of ether oxygens (including phenoxy) is 1. The van der Waals surface area contributed by atoms with E-state index in [4.69, 9.17) is 4.74 Å². The van der Waals surface area contributed by atoms with Crippen LogP contribution in [0.15, 0.2) is 34.3 Å². The molecule has 3 nitrogen and oxygen atoms in total. The highest BCUT2D eigenvalue weighted by Gasteiger charge is 2.19. The van der Waals surface area contributed by atoms with Gasteiger partial charge in [0.25, 0.3) is 5.91 Å². The molecule has 0 saturated carbocycles. The number of amides is 1. The van der Waals surface area contributed by atoms with Crippen molar-refractivity contribution in [1.82, 2.24) is 0 Å². The van der Waals surface area contributed by atoms with Crippen molar-refractivity contribution in [3.8, 4) is 0 Å². The van der Waals surface area contributed by atoms with E-state index in [1.807, 2.05) is 0 Å². The molecule has 1 atom stereocenters. The molecule has 1 unspecified atom stereocenters. The Morgan fingerprint density at radius 1 is 1.33 bits per heavy atom. The third kappa shape index (κ3) is 3.54. The lowest BCUT2D eigenvalue weighted by molar-refractivity contribution is -0.112. The summed E-state index contributed by atoms with van der Waals surface area (Å²) in [7, 11) is 1.54. The number of hydrogen-bond acceptors (Lipinski definition) is 2. The number of carbonyl (C=O) groups is 1. The van der Waals surface area contributed by atoms with Gasteiger partial charge in [0.15, 0.2) is 17.5 Å². The normalized spacial score (nSPS) is 18.0. The summed E-state index contributed by atoms with van der Waals surface area (Å²) in [6.45, 7) is 0. The maximum atomic E-state index is 13.1. The highest BCUT2D eigenvalue weighted by atomic mass is 79.9. The zero-order valence-electron chi connectivity index (χ0n) is 10.9. The van der Waals surface area contributed by atoms with Gasteiger partial charge in [0.1, 0.15) is 0 Å². The number of rotatable bonds is 3. The van der Waals surface area contributed by atoms with Crippen LogP contribution in [0.4, 0.5) is 18.9 Å². The molecule has 0 aliphatic heterocycles. The van der Waals surface area contributed by atoms with Crippen LogP contribution in [0.5, 0.6) is 0 Å². The largest absolute Gasteiger partial charge is 0.376 e. The summed E-state index contributed by atoms with van der Waals surface area (Å²) < 4.78 is 44.8.